The van der Waals surface area contributed by atoms with Gasteiger partial charge in [-0.3, -0.25) is 4.79 Å². The third-order valence-corrected chi connectivity index (χ3v) is 3.06. The van der Waals surface area contributed by atoms with Crippen LogP contribution in [-0.2, 0) is 14.3 Å². The molecule has 0 spiro atoms. The van der Waals surface area contributed by atoms with Crippen LogP contribution in [0.25, 0.3) is 0 Å². The molecule has 1 rings (SSSR count). The number of carbonyl (C=O) groups excluding carboxylic acids is 2. The molecule has 1 aliphatic carbocycles. The summed E-state index contributed by atoms with van der Waals surface area (Å²) in [5.74, 6) is -0.109. The molecule has 4 nitrogen and oxygen atoms in total. The zero-order chi connectivity index (χ0) is 11.3. The summed E-state index contributed by atoms with van der Waals surface area (Å²) in [6.45, 7) is 2.85. The highest BCUT2D eigenvalue weighted by atomic mass is 16.5. The fourth-order valence-electron chi connectivity index (χ4n) is 1.94. The largest absolute Gasteiger partial charge is 0.462 e. The molecule has 1 saturated carbocycles. The molecule has 0 aromatic rings. The summed E-state index contributed by atoms with van der Waals surface area (Å²) in [6.07, 6.45) is 4.72. The highest BCUT2D eigenvalue weighted by Crippen LogP contribution is 2.27. The van der Waals surface area contributed by atoms with Crippen molar-refractivity contribution in [3.63, 3.8) is 0 Å². The van der Waals surface area contributed by atoms with Gasteiger partial charge in [0.2, 0.25) is 0 Å². The fraction of sp³-hybridized carbons (Fsp3) is 0.818. The molecule has 1 amide bonds. The molecule has 1 fully saturated rings. The zero-order valence-corrected chi connectivity index (χ0v) is 9.41. The molecule has 0 unspecified atom stereocenters. The average molecular weight is 213 g/mol. The van der Waals surface area contributed by atoms with Gasteiger partial charge in [0, 0.05) is 6.54 Å². The second-order valence-electron chi connectivity index (χ2n) is 4.33. The minimum Gasteiger partial charge on any atom is -0.462 e. The smallest absolute Gasteiger partial charge is 0.396 e. The highest BCUT2D eigenvalue weighted by molar-refractivity contribution is 6.32. The van der Waals surface area contributed by atoms with Gasteiger partial charge < -0.3 is 10.1 Å². The molecule has 0 radical (unpaired) electrons. The lowest BCUT2D eigenvalue weighted by Crippen LogP contribution is -2.36. The van der Waals surface area contributed by atoms with E-state index in [2.05, 4.69) is 17.0 Å². The maximum Gasteiger partial charge on any atom is 0.396 e. The van der Waals surface area contributed by atoms with E-state index in [0.717, 1.165) is 18.8 Å². The molecule has 86 valence electrons. The minimum absolute atomic E-state index is 0.523. The topological polar surface area (TPSA) is 55.4 Å². The van der Waals surface area contributed by atoms with Crippen LogP contribution < -0.4 is 5.32 Å². The van der Waals surface area contributed by atoms with E-state index in [4.69, 9.17) is 0 Å². The molecule has 0 saturated heterocycles. The second-order valence-corrected chi connectivity index (χ2v) is 4.33. The lowest BCUT2D eigenvalue weighted by atomic mass is 9.83. The van der Waals surface area contributed by atoms with E-state index >= 15 is 0 Å². The van der Waals surface area contributed by atoms with Crippen LogP contribution in [0.3, 0.4) is 0 Å². The Morgan fingerprint density at radius 2 is 1.87 bits per heavy atom. The first-order valence-electron chi connectivity index (χ1n) is 5.49. The number of methoxy groups -OCH3 is 1. The van der Waals surface area contributed by atoms with Crippen molar-refractivity contribution in [1.29, 1.82) is 0 Å². The summed E-state index contributed by atoms with van der Waals surface area (Å²) < 4.78 is 4.32. The van der Waals surface area contributed by atoms with E-state index in [1.54, 1.807) is 0 Å². The summed E-state index contributed by atoms with van der Waals surface area (Å²) in [5, 5.41) is 2.60. The van der Waals surface area contributed by atoms with E-state index in [-0.39, 0.29) is 0 Å². The lowest BCUT2D eigenvalue weighted by Gasteiger charge is -2.25. The van der Waals surface area contributed by atoms with Gasteiger partial charge >= 0.3 is 11.9 Å². The van der Waals surface area contributed by atoms with Crippen LogP contribution in [0.1, 0.15) is 32.6 Å². The van der Waals surface area contributed by atoms with Gasteiger partial charge in [-0.15, -0.1) is 0 Å². The number of hydrogen-bond donors (Lipinski definition) is 1. The van der Waals surface area contributed by atoms with Crippen LogP contribution in [0.5, 0.6) is 0 Å². The SMILES string of the molecule is COC(=O)C(=O)NCC1CCC(C)CC1. The summed E-state index contributed by atoms with van der Waals surface area (Å²) in [6, 6.07) is 0. The Kier molecular flexibility index (Phi) is 4.59. The van der Waals surface area contributed by atoms with Gasteiger partial charge in [-0.25, -0.2) is 4.79 Å². The van der Waals surface area contributed by atoms with Crippen molar-refractivity contribution < 1.29 is 14.3 Å². The van der Waals surface area contributed by atoms with Gasteiger partial charge in [0.1, 0.15) is 0 Å². The van der Waals surface area contributed by atoms with E-state index in [9.17, 15) is 9.59 Å². The van der Waals surface area contributed by atoms with Gasteiger partial charge in [0.25, 0.3) is 0 Å². The number of ether oxygens (including phenoxy) is 1. The summed E-state index contributed by atoms with van der Waals surface area (Å²) in [4.78, 5) is 21.9. The molecule has 0 bridgehead atoms. The molecular weight excluding hydrogens is 194 g/mol. The molecule has 0 atom stereocenters. The van der Waals surface area contributed by atoms with E-state index in [0.29, 0.717) is 12.5 Å². The van der Waals surface area contributed by atoms with Gasteiger partial charge in [0.05, 0.1) is 7.11 Å². The van der Waals surface area contributed by atoms with Crippen LogP contribution in [0.15, 0.2) is 0 Å². The minimum atomic E-state index is -0.806. The normalized spacial score (nSPS) is 25.7. The standard InChI is InChI=1S/C11H19NO3/c1-8-3-5-9(6-4-8)7-12-10(13)11(14)15-2/h8-9H,3-7H2,1-2H3,(H,12,13). The van der Waals surface area contributed by atoms with E-state index in [1.165, 1.54) is 20.0 Å². The number of rotatable bonds is 2. The quantitative estimate of drug-likeness (QED) is 0.552. The summed E-state index contributed by atoms with van der Waals surface area (Å²) in [5.41, 5.74) is 0. The summed E-state index contributed by atoms with van der Waals surface area (Å²) >= 11 is 0. The van der Waals surface area contributed by atoms with Gasteiger partial charge in [-0.05, 0) is 24.7 Å². The Labute approximate surface area is 90.4 Å². The Hall–Kier alpha value is -1.06. The maximum atomic E-state index is 11.1. The molecule has 0 aromatic heterocycles. The fourth-order valence-corrected chi connectivity index (χ4v) is 1.94. The third-order valence-electron chi connectivity index (χ3n) is 3.06. The second kappa shape index (κ2) is 5.73. The Morgan fingerprint density at radius 3 is 2.40 bits per heavy atom. The van der Waals surface area contributed by atoms with Crippen LogP contribution in [0.2, 0.25) is 0 Å². The third kappa shape index (κ3) is 3.90. The zero-order valence-electron chi connectivity index (χ0n) is 9.41. The summed E-state index contributed by atoms with van der Waals surface area (Å²) in [7, 11) is 1.21. The van der Waals surface area contributed by atoms with Gasteiger partial charge in [-0.2, -0.15) is 0 Å². The number of esters is 1. The molecular formula is C11H19NO3. The van der Waals surface area contributed by atoms with Gasteiger partial charge in [-0.1, -0.05) is 19.8 Å². The van der Waals surface area contributed by atoms with Crippen molar-refractivity contribution >= 4 is 11.9 Å². The number of hydrogen-bond acceptors (Lipinski definition) is 3. The average Bonchev–Trinajstić information content (AvgIpc) is 2.26. The van der Waals surface area contributed by atoms with Crippen LogP contribution >= 0.6 is 0 Å². The Balaban J connectivity index is 2.20. The highest BCUT2D eigenvalue weighted by Gasteiger charge is 2.20. The molecule has 1 N–H and O–H groups in total. The van der Waals surface area contributed by atoms with Crippen molar-refractivity contribution in [3.8, 4) is 0 Å². The Bertz CT molecular complexity index is 232. The van der Waals surface area contributed by atoms with Crippen LogP contribution in [-0.4, -0.2) is 25.5 Å². The number of nitrogens with one attached hydrogen (secondary N) is 1. The van der Waals surface area contributed by atoms with Crippen molar-refractivity contribution in [2.24, 2.45) is 11.8 Å². The Morgan fingerprint density at radius 1 is 1.27 bits per heavy atom. The number of carbonyl (C=O) groups is 2. The van der Waals surface area contributed by atoms with E-state index < -0.39 is 11.9 Å². The van der Waals surface area contributed by atoms with Crippen molar-refractivity contribution in [2.45, 2.75) is 32.6 Å². The van der Waals surface area contributed by atoms with Crippen LogP contribution in [0.4, 0.5) is 0 Å². The van der Waals surface area contributed by atoms with Crippen molar-refractivity contribution in [3.05, 3.63) is 0 Å². The molecule has 4 heteroatoms. The first-order chi connectivity index (χ1) is 7.13. The number of amides is 1. The molecule has 0 heterocycles. The molecule has 0 aromatic carbocycles. The molecule has 1 aliphatic rings. The monoisotopic (exact) mass is 213 g/mol. The first-order valence-corrected chi connectivity index (χ1v) is 5.49. The molecule has 15 heavy (non-hydrogen) atoms. The lowest BCUT2D eigenvalue weighted by molar-refractivity contribution is -0.152. The van der Waals surface area contributed by atoms with Gasteiger partial charge in [0.15, 0.2) is 0 Å². The van der Waals surface area contributed by atoms with E-state index in [1.807, 2.05) is 0 Å². The first kappa shape index (κ1) is 12.0. The predicted molar refractivity (Wildman–Crippen MR) is 56.1 cm³/mol. The van der Waals surface area contributed by atoms with Crippen molar-refractivity contribution in [2.75, 3.05) is 13.7 Å². The molecule has 0 aliphatic heterocycles. The van der Waals surface area contributed by atoms with Crippen molar-refractivity contribution in [1.82, 2.24) is 5.32 Å². The van der Waals surface area contributed by atoms with Crippen LogP contribution in [0, 0.1) is 11.8 Å². The predicted octanol–water partition coefficient (Wildman–Crippen LogP) is 1.10. The maximum absolute atomic E-state index is 11.1.